The molecule has 1 aliphatic heterocycles. The van der Waals surface area contributed by atoms with Crippen molar-refractivity contribution in [2.24, 2.45) is 0 Å². The largest absolute Gasteiger partial charge is 0.256 e. The first-order valence-corrected chi connectivity index (χ1v) is 11.3. The first-order valence-electron chi connectivity index (χ1n) is 11.3. The number of fused-ring (bicyclic) bond motifs is 6. The molecule has 0 N–H and O–H groups in total. The van der Waals surface area contributed by atoms with Gasteiger partial charge in [-0.15, -0.1) is 0 Å². The standard InChI is InChI=1S/C30H23N3/c1-3-10-21(11-4-1)29-25-16-7-14-23(31-25)20-24-15-8-17-26(32-24)30(22-12-5-2-6-13-22)28-19-9-18-27(29)33-28/h1-19,29-30H,20H2. The molecule has 0 fully saturated rings. The van der Waals surface area contributed by atoms with Gasteiger partial charge in [-0.05, 0) is 47.5 Å². The van der Waals surface area contributed by atoms with E-state index in [1.807, 2.05) is 0 Å². The van der Waals surface area contributed by atoms with Crippen LogP contribution in [0.15, 0.2) is 115 Å². The third-order valence-corrected chi connectivity index (χ3v) is 6.26. The minimum atomic E-state index is -0.0340. The highest BCUT2D eigenvalue weighted by molar-refractivity contribution is 5.43. The van der Waals surface area contributed by atoms with Gasteiger partial charge in [-0.2, -0.15) is 0 Å². The van der Waals surface area contributed by atoms with Crippen LogP contribution in [0.25, 0.3) is 0 Å². The molecule has 0 amide bonds. The molecule has 4 heterocycles. The van der Waals surface area contributed by atoms with Gasteiger partial charge in [0, 0.05) is 17.8 Å². The van der Waals surface area contributed by atoms with Crippen molar-refractivity contribution in [2.45, 2.75) is 18.3 Å². The van der Waals surface area contributed by atoms with E-state index in [2.05, 4.69) is 115 Å². The summed E-state index contributed by atoms with van der Waals surface area (Å²) in [7, 11) is 0. The molecular weight excluding hydrogens is 402 g/mol. The van der Waals surface area contributed by atoms with E-state index in [1.54, 1.807) is 0 Å². The molecule has 3 aromatic heterocycles. The van der Waals surface area contributed by atoms with Gasteiger partial charge in [0.1, 0.15) is 0 Å². The zero-order valence-corrected chi connectivity index (χ0v) is 18.2. The monoisotopic (exact) mass is 425 g/mol. The van der Waals surface area contributed by atoms with E-state index in [1.165, 1.54) is 11.1 Å². The van der Waals surface area contributed by atoms with Crippen molar-refractivity contribution < 1.29 is 0 Å². The summed E-state index contributed by atoms with van der Waals surface area (Å²) in [4.78, 5) is 15.4. The molecule has 0 spiro atoms. The lowest BCUT2D eigenvalue weighted by Crippen LogP contribution is -2.14. The topological polar surface area (TPSA) is 38.7 Å². The summed E-state index contributed by atoms with van der Waals surface area (Å²) in [6, 6.07) is 40.0. The van der Waals surface area contributed by atoms with Gasteiger partial charge in [-0.25, -0.2) is 0 Å². The molecular formula is C30H23N3. The van der Waals surface area contributed by atoms with Crippen LogP contribution >= 0.6 is 0 Å². The molecule has 6 rings (SSSR count). The van der Waals surface area contributed by atoms with Crippen LogP contribution in [0.5, 0.6) is 0 Å². The maximum absolute atomic E-state index is 5.25. The lowest BCUT2D eigenvalue weighted by Gasteiger charge is -2.22. The molecule has 2 atom stereocenters. The van der Waals surface area contributed by atoms with Crippen molar-refractivity contribution in [2.75, 3.05) is 0 Å². The van der Waals surface area contributed by atoms with Gasteiger partial charge < -0.3 is 0 Å². The highest BCUT2D eigenvalue weighted by atomic mass is 14.8. The average molecular weight is 426 g/mol. The lowest BCUT2D eigenvalue weighted by atomic mass is 9.88. The summed E-state index contributed by atoms with van der Waals surface area (Å²) in [5.74, 6) is -0.0681. The van der Waals surface area contributed by atoms with Gasteiger partial charge in [0.2, 0.25) is 0 Å². The predicted molar refractivity (Wildman–Crippen MR) is 130 cm³/mol. The van der Waals surface area contributed by atoms with Gasteiger partial charge in [-0.3, -0.25) is 15.0 Å². The Morgan fingerprint density at radius 1 is 0.394 bits per heavy atom. The third-order valence-electron chi connectivity index (χ3n) is 6.26. The second-order valence-electron chi connectivity index (χ2n) is 8.46. The molecule has 158 valence electrons. The zero-order chi connectivity index (χ0) is 22.0. The summed E-state index contributed by atoms with van der Waals surface area (Å²) in [6.45, 7) is 0. The Balaban J connectivity index is 1.63. The van der Waals surface area contributed by atoms with Crippen LogP contribution in [-0.4, -0.2) is 15.0 Å². The summed E-state index contributed by atoms with van der Waals surface area (Å²) in [5, 5.41) is 0. The van der Waals surface area contributed by atoms with Gasteiger partial charge in [0.25, 0.3) is 0 Å². The molecule has 33 heavy (non-hydrogen) atoms. The summed E-state index contributed by atoms with van der Waals surface area (Å²) >= 11 is 0. The number of benzene rings is 2. The van der Waals surface area contributed by atoms with Crippen molar-refractivity contribution in [1.82, 2.24) is 15.0 Å². The van der Waals surface area contributed by atoms with Crippen molar-refractivity contribution in [3.8, 4) is 0 Å². The number of nitrogens with zero attached hydrogens (tertiary/aromatic N) is 3. The van der Waals surface area contributed by atoms with E-state index in [-0.39, 0.29) is 11.8 Å². The second kappa shape index (κ2) is 8.44. The Kier molecular flexibility index (Phi) is 5.00. The summed E-state index contributed by atoms with van der Waals surface area (Å²) < 4.78 is 0. The minimum Gasteiger partial charge on any atom is -0.256 e. The molecule has 3 heteroatoms. The first-order chi connectivity index (χ1) is 16.3. The predicted octanol–water partition coefficient (Wildman–Crippen LogP) is 6.14. The van der Waals surface area contributed by atoms with E-state index in [0.29, 0.717) is 6.42 Å². The molecule has 6 bridgehead atoms. The number of aromatic nitrogens is 3. The Labute approximate surface area is 193 Å². The number of hydrogen-bond acceptors (Lipinski definition) is 3. The van der Waals surface area contributed by atoms with Gasteiger partial charge in [0.15, 0.2) is 0 Å². The fourth-order valence-electron chi connectivity index (χ4n) is 4.77. The summed E-state index contributed by atoms with van der Waals surface area (Å²) in [5.41, 5.74) is 8.44. The lowest BCUT2D eigenvalue weighted by molar-refractivity contribution is 0.796. The molecule has 3 nitrogen and oxygen atoms in total. The maximum atomic E-state index is 5.25. The Morgan fingerprint density at radius 3 is 1.24 bits per heavy atom. The van der Waals surface area contributed by atoms with Crippen molar-refractivity contribution >= 4 is 0 Å². The van der Waals surface area contributed by atoms with Crippen LogP contribution in [0.4, 0.5) is 0 Å². The number of hydrogen-bond donors (Lipinski definition) is 0. The molecule has 1 aliphatic rings. The van der Waals surface area contributed by atoms with Crippen LogP contribution in [0.3, 0.4) is 0 Å². The van der Waals surface area contributed by atoms with Gasteiger partial charge in [-0.1, -0.05) is 78.9 Å². The van der Waals surface area contributed by atoms with Crippen LogP contribution < -0.4 is 0 Å². The summed E-state index contributed by atoms with van der Waals surface area (Å²) in [6.07, 6.45) is 0.700. The Bertz CT molecular complexity index is 1290. The second-order valence-corrected chi connectivity index (χ2v) is 8.46. The van der Waals surface area contributed by atoms with E-state index in [4.69, 9.17) is 15.0 Å². The Hall–Kier alpha value is -4.11. The van der Waals surface area contributed by atoms with Gasteiger partial charge in [0.05, 0.1) is 34.6 Å². The molecule has 0 saturated heterocycles. The Morgan fingerprint density at radius 2 is 0.788 bits per heavy atom. The SMILES string of the molecule is c1ccc(C2c3cccc(n3)Cc3cccc(n3)C(c3ccccc3)c3cccc2n3)cc1. The van der Waals surface area contributed by atoms with E-state index >= 15 is 0 Å². The molecule has 0 saturated carbocycles. The van der Waals surface area contributed by atoms with Crippen LogP contribution in [0.2, 0.25) is 0 Å². The molecule has 2 aromatic carbocycles. The van der Waals surface area contributed by atoms with E-state index in [9.17, 15) is 0 Å². The fourth-order valence-corrected chi connectivity index (χ4v) is 4.77. The van der Waals surface area contributed by atoms with E-state index in [0.717, 1.165) is 34.2 Å². The zero-order valence-electron chi connectivity index (χ0n) is 18.2. The van der Waals surface area contributed by atoms with Crippen molar-refractivity contribution in [3.05, 3.63) is 161 Å². The number of pyridine rings is 3. The molecule has 0 aliphatic carbocycles. The first kappa shape index (κ1) is 19.6. The van der Waals surface area contributed by atoms with Gasteiger partial charge >= 0.3 is 0 Å². The van der Waals surface area contributed by atoms with Crippen LogP contribution in [0, 0.1) is 0 Å². The molecule has 0 radical (unpaired) electrons. The smallest absolute Gasteiger partial charge is 0.0686 e. The fraction of sp³-hybridized carbons (Fsp3) is 0.100. The molecule has 5 aromatic rings. The van der Waals surface area contributed by atoms with Crippen LogP contribution in [-0.2, 0) is 6.42 Å². The quantitative estimate of drug-likeness (QED) is 0.335. The van der Waals surface area contributed by atoms with E-state index < -0.39 is 0 Å². The van der Waals surface area contributed by atoms with Crippen molar-refractivity contribution in [1.29, 1.82) is 0 Å². The molecule has 2 unspecified atom stereocenters. The maximum Gasteiger partial charge on any atom is 0.0686 e. The van der Waals surface area contributed by atoms with Crippen molar-refractivity contribution in [3.63, 3.8) is 0 Å². The average Bonchev–Trinajstić information content (AvgIpc) is 2.86. The third kappa shape index (κ3) is 3.83. The van der Waals surface area contributed by atoms with Crippen LogP contribution in [0.1, 0.15) is 57.1 Å². The normalized spacial score (nSPS) is 17.0. The highest BCUT2D eigenvalue weighted by Gasteiger charge is 2.25. The number of rotatable bonds is 2. The highest BCUT2D eigenvalue weighted by Crippen LogP contribution is 2.34. The minimum absolute atomic E-state index is 0.0340.